The number of benzene rings is 1. The van der Waals surface area contributed by atoms with Crippen LogP contribution in [0.2, 0.25) is 0 Å². The van der Waals surface area contributed by atoms with Gasteiger partial charge in [-0.2, -0.15) is 0 Å². The monoisotopic (exact) mass is 450 g/mol. The maximum absolute atomic E-state index is 12.9. The summed E-state index contributed by atoms with van der Waals surface area (Å²) in [4.78, 5) is 24.6. The van der Waals surface area contributed by atoms with Gasteiger partial charge in [-0.15, -0.1) is 0 Å². The van der Waals surface area contributed by atoms with Crippen molar-refractivity contribution in [2.24, 2.45) is 23.2 Å². The predicted octanol–water partition coefficient (Wildman–Crippen LogP) is 1.44. The summed E-state index contributed by atoms with van der Waals surface area (Å²) >= 11 is 0. The molecule has 0 radical (unpaired) electrons. The van der Waals surface area contributed by atoms with Gasteiger partial charge in [0.25, 0.3) is 0 Å². The third kappa shape index (κ3) is 3.82. The molecule has 3 fully saturated rings. The predicted molar refractivity (Wildman–Crippen MR) is 109 cm³/mol. The van der Waals surface area contributed by atoms with Crippen LogP contribution in [0.1, 0.15) is 25.2 Å². The summed E-state index contributed by atoms with van der Waals surface area (Å²) in [6.45, 7) is 1.25. The molecule has 0 amide bonds. The molecule has 32 heavy (non-hydrogen) atoms. The molecule has 0 spiro atoms. The summed E-state index contributed by atoms with van der Waals surface area (Å²) in [5, 5.41) is 10.3. The molecule has 9 heteroatoms. The molecule has 176 valence electrons. The number of hydrogen-bond donors (Lipinski definition) is 1. The molecule has 3 aliphatic rings. The van der Waals surface area contributed by atoms with Crippen molar-refractivity contribution >= 4 is 11.9 Å². The van der Waals surface area contributed by atoms with Crippen molar-refractivity contribution in [3.63, 3.8) is 0 Å². The fourth-order valence-corrected chi connectivity index (χ4v) is 5.68. The Kier molecular flexibility index (Phi) is 6.83. The first-order valence-electron chi connectivity index (χ1n) is 10.8. The largest absolute Gasteiger partial charge is 0.469 e. The zero-order chi connectivity index (χ0) is 22.9. The molecule has 1 aromatic carbocycles. The highest BCUT2D eigenvalue weighted by atomic mass is 16.7. The standard InChI is InChI=1S/C23H30O9/c1-13(25)30-12-23-15(10-24)9-16(20(26)27-2)18(23)19-17(31-22(23)28-3)11-29-21(32-19)14-7-5-4-6-8-14/h4-8,15-19,21-22,24H,9-12H2,1-3H3/t15-,16-,17+,18-,19+,21+,22-,23+/m0/s1. The SMILES string of the molecule is COC(=O)[C@H]1C[C@@H](CO)[C@@]2(COC(C)=O)[C@@H](OC)O[C@@H]3CO[C@@H](c4ccccc4)O[C@H]3[C@H]12. The zero-order valence-electron chi connectivity index (χ0n) is 18.5. The van der Waals surface area contributed by atoms with Crippen LogP contribution < -0.4 is 0 Å². The van der Waals surface area contributed by atoms with E-state index < -0.39 is 59.9 Å². The van der Waals surface area contributed by atoms with E-state index in [1.807, 2.05) is 30.3 Å². The minimum absolute atomic E-state index is 0.0757. The average molecular weight is 450 g/mol. The molecule has 1 aromatic rings. The van der Waals surface area contributed by atoms with E-state index in [-0.39, 0.29) is 19.8 Å². The first-order valence-corrected chi connectivity index (χ1v) is 10.8. The number of carbonyl (C=O) groups excluding carboxylic acids is 2. The van der Waals surface area contributed by atoms with Crippen molar-refractivity contribution in [3.8, 4) is 0 Å². The van der Waals surface area contributed by atoms with Crippen molar-refractivity contribution in [3.05, 3.63) is 35.9 Å². The Labute approximate surface area is 186 Å². The fourth-order valence-electron chi connectivity index (χ4n) is 5.68. The highest BCUT2D eigenvalue weighted by molar-refractivity contribution is 5.73. The first-order chi connectivity index (χ1) is 15.5. The lowest BCUT2D eigenvalue weighted by molar-refractivity contribution is -0.371. The third-order valence-electron chi connectivity index (χ3n) is 7.04. The van der Waals surface area contributed by atoms with Gasteiger partial charge in [0.15, 0.2) is 12.6 Å². The molecule has 9 nitrogen and oxygen atoms in total. The van der Waals surface area contributed by atoms with Crippen molar-refractivity contribution in [2.45, 2.75) is 38.1 Å². The van der Waals surface area contributed by atoms with Crippen molar-refractivity contribution in [1.29, 1.82) is 0 Å². The van der Waals surface area contributed by atoms with Gasteiger partial charge in [-0.3, -0.25) is 9.59 Å². The van der Waals surface area contributed by atoms with Crippen LogP contribution in [0.4, 0.5) is 0 Å². The second-order valence-electron chi connectivity index (χ2n) is 8.58. The number of aliphatic hydroxyl groups excluding tert-OH is 1. The smallest absolute Gasteiger partial charge is 0.309 e. The fraction of sp³-hybridized carbons (Fsp3) is 0.652. The number of ether oxygens (including phenoxy) is 6. The van der Waals surface area contributed by atoms with Crippen molar-refractivity contribution in [1.82, 2.24) is 0 Å². The quantitative estimate of drug-likeness (QED) is 0.644. The van der Waals surface area contributed by atoms with Crippen LogP contribution in [0.25, 0.3) is 0 Å². The number of esters is 2. The van der Waals surface area contributed by atoms with Gasteiger partial charge >= 0.3 is 11.9 Å². The van der Waals surface area contributed by atoms with E-state index in [0.29, 0.717) is 6.42 Å². The maximum Gasteiger partial charge on any atom is 0.309 e. The highest BCUT2D eigenvalue weighted by Crippen LogP contribution is 2.60. The van der Waals surface area contributed by atoms with Crippen LogP contribution in [-0.2, 0) is 38.0 Å². The van der Waals surface area contributed by atoms with Gasteiger partial charge in [-0.05, 0) is 12.3 Å². The molecule has 0 unspecified atom stereocenters. The average Bonchev–Trinajstić information content (AvgIpc) is 3.17. The van der Waals surface area contributed by atoms with Crippen molar-refractivity contribution < 1.29 is 43.1 Å². The van der Waals surface area contributed by atoms with Crippen LogP contribution in [0, 0.1) is 23.2 Å². The second-order valence-corrected chi connectivity index (χ2v) is 8.58. The Bertz CT molecular complexity index is 815. The van der Waals surface area contributed by atoms with E-state index in [1.54, 1.807) is 0 Å². The van der Waals surface area contributed by atoms with E-state index >= 15 is 0 Å². The van der Waals surface area contributed by atoms with Crippen molar-refractivity contribution in [2.75, 3.05) is 34.0 Å². The Hall–Kier alpha value is -2.04. The highest BCUT2D eigenvalue weighted by Gasteiger charge is 2.69. The molecule has 0 bridgehead atoms. The van der Waals surface area contributed by atoms with E-state index in [9.17, 15) is 14.7 Å². The molecular weight excluding hydrogens is 420 g/mol. The summed E-state index contributed by atoms with van der Waals surface area (Å²) < 4.78 is 34.8. The lowest BCUT2D eigenvalue weighted by atomic mass is 9.65. The van der Waals surface area contributed by atoms with Crippen LogP contribution in [0.15, 0.2) is 30.3 Å². The topological polar surface area (TPSA) is 110 Å². The van der Waals surface area contributed by atoms with Gasteiger partial charge in [-0.1, -0.05) is 30.3 Å². The number of rotatable bonds is 6. The molecule has 1 N–H and O–H groups in total. The van der Waals surface area contributed by atoms with E-state index in [0.717, 1.165) is 5.56 Å². The van der Waals surface area contributed by atoms with Crippen LogP contribution in [0.5, 0.6) is 0 Å². The van der Waals surface area contributed by atoms with E-state index in [4.69, 9.17) is 28.4 Å². The van der Waals surface area contributed by atoms with Gasteiger partial charge in [0, 0.05) is 32.1 Å². The Balaban J connectivity index is 1.76. The maximum atomic E-state index is 12.9. The molecule has 2 saturated heterocycles. The Morgan fingerprint density at radius 1 is 1.19 bits per heavy atom. The molecule has 8 atom stereocenters. The number of methoxy groups -OCH3 is 2. The van der Waals surface area contributed by atoms with Gasteiger partial charge in [0.05, 0.1) is 31.2 Å². The molecule has 2 aliphatic heterocycles. The summed E-state index contributed by atoms with van der Waals surface area (Å²) in [6, 6.07) is 9.50. The van der Waals surface area contributed by atoms with Gasteiger partial charge in [0.2, 0.25) is 0 Å². The lowest BCUT2D eigenvalue weighted by Crippen LogP contribution is -2.65. The summed E-state index contributed by atoms with van der Waals surface area (Å²) in [7, 11) is 2.83. The minimum atomic E-state index is -0.992. The molecular formula is C23H30O9. The van der Waals surface area contributed by atoms with Gasteiger partial charge in [0.1, 0.15) is 12.7 Å². The number of aliphatic hydroxyl groups is 1. The van der Waals surface area contributed by atoms with Crippen LogP contribution in [-0.4, -0.2) is 69.6 Å². The third-order valence-corrected chi connectivity index (χ3v) is 7.04. The molecule has 2 heterocycles. The molecule has 1 saturated carbocycles. The summed E-state index contributed by atoms with van der Waals surface area (Å²) in [6.07, 6.45) is -2.20. The number of hydrogen-bond acceptors (Lipinski definition) is 9. The molecule has 4 rings (SSSR count). The zero-order valence-corrected chi connectivity index (χ0v) is 18.5. The van der Waals surface area contributed by atoms with Gasteiger partial charge in [-0.25, -0.2) is 0 Å². The lowest BCUT2D eigenvalue weighted by Gasteiger charge is -2.55. The summed E-state index contributed by atoms with van der Waals surface area (Å²) in [5.74, 6) is -2.37. The van der Waals surface area contributed by atoms with Gasteiger partial charge < -0.3 is 33.5 Å². The van der Waals surface area contributed by atoms with E-state index in [1.165, 1.54) is 21.1 Å². The molecule has 0 aromatic heterocycles. The minimum Gasteiger partial charge on any atom is -0.469 e. The van der Waals surface area contributed by atoms with Crippen LogP contribution >= 0.6 is 0 Å². The summed E-state index contributed by atoms with van der Waals surface area (Å²) in [5.41, 5.74) is -0.148. The normalized spacial score (nSPS) is 38.4. The number of carbonyl (C=O) groups is 2. The first kappa shape index (κ1) is 23.1. The second kappa shape index (κ2) is 9.44. The van der Waals surface area contributed by atoms with Crippen LogP contribution in [0.3, 0.4) is 0 Å². The molecule has 1 aliphatic carbocycles. The Morgan fingerprint density at radius 2 is 1.94 bits per heavy atom. The number of fused-ring (bicyclic) bond motifs is 3. The Morgan fingerprint density at radius 3 is 2.56 bits per heavy atom. The van der Waals surface area contributed by atoms with E-state index in [2.05, 4.69) is 0 Å².